The average molecular weight is 357 g/mol. The summed E-state index contributed by atoms with van der Waals surface area (Å²) in [6.45, 7) is 0. The number of aromatic nitrogens is 2. The molecule has 8 heteroatoms. The van der Waals surface area contributed by atoms with Gasteiger partial charge in [0, 0.05) is 46.4 Å². The van der Waals surface area contributed by atoms with Gasteiger partial charge in [0.15, 0.2) is 0 Å². The summed E-state index contributed by atoms with van der Waals surface area (Å²) in [5, 5.41) is 4.03. The molecule has 0 radical (unpaired) electrons. The maximum Gasteiger partial charge on any atom is 0.212 e. The Labute approximate surface area is 148 Å². The van der Waals surface area contributed by atoms with Crippen LogP contribution in [-0.4, -0.2) is 25.8 Å². The van der Waals surface area contributed by atoms with E-state index in [0.29, 0.717) is 11.7 Å². The second-order valence-corrected chi connectivity index (χ2v) is 5.39. The van der Waals surface area contributed by atoms with Gasteiger partial charge in [-0.15, -0.1) is 0 Å². The minimum absolute atomic E-state index is 0.488. The van der Waals surface area contributed by atoms with Gasteiger partial charge in [0.2, 0.25) is 5.88 Å². The molecular weight excluding hydrogens is 340 g/mol. The van der Waals surface area contributed by atoms with Crippen LogP contribution in [0.25, 0.3) is 22.3 Å². The van der Waals surface area contributed by atoms with E-state index in [1.165, 1.54) is 0 Å². The molecule has 0 saturated heterocycles. The van der Waals surface area contributed by atoms with E-state index in [0.717, 1.165) is 22.3 Å². The van der Waals surface area contributed by atoms with E-state index in [4.69, 9.17) is 19.2 Å². The number of nitrogen functional groups attached to an aromatic ring is 1. The van der Waals surface area contributed by atoms with E-state index in [-0.39, 0.29) is 0 Å². The molecule has 2 heterocycles. The van der Waals surface area contributed by atoms with E-state index in [2.05, 4.69) is 15.1 Å². The number of hydrogen-bond donors (Lipinski definition) is 2. The first-order valence-corrected chi connectivity index (χ1v) is 8.30. The third-order valence-corrected chi connectivity index (χ3v) is 3.28. The van der Waals surface area contributed by atoms with Crippen molar-refractivity contribution in [2.75, 3.05) is 12.8 Å². The summed E-state index contributed by atoms with van der Waals surface area (Å²) in [7, 11) is 1.59. The van der Waals surface area contributed by atoms with E-state index < -0.39 is 11.3 Å². The van der Waals surface area contributed by atoms with Gasteiger partial charge in [-0.2, -0.15) is 0 Å². The zero-order valence-electron chi connectivity index (χ0n) is 13.5. The van der Waals surface area contributed by atoms with Gasteiger partial charge in [-0.05, 0) is 17.7 Å². The van der Waals surface area contributed by atoms with Crippen LogP contribution in [0.5, 0.6) is 5.88 Å². The van der Waals surface area contributed by atoms with Crippen molar-refractivity contribution in [3.8, 4) is 28.1 Å². The van der Waals surface area contributed by atoms with Crippen molar-refractivity contribution in [3.63, 3.8) is 0 Å². The lowest BCUT2D eigenvalue weighted by atomic mass is 10.0. The summed E-state index contributed by atoms with van der Waals surface area (Å²) >= 11 is -2.36. The van der Waals surface area contributed by atoms with Crippen LogP contribution in [0.15, 0.2) is 60.9 Å². The van der Waals surface area contributed by atoms with Crippen molar-refractivity contribution >= 4 is 17.1 Å². The van der Waals surface area contributed by atoms with Crippen LogP contribution < -0.4 is 15.6 Å². The Bertz CT molecular complexity index is 838. The highest BCUT2D eigenvalue weighted by Gasteiger charge is 2.07. The molecule has 25 heavy (non-hydrogen) atoms. The lowest BCUT2D eigenvalue weighted by Crippen LogP contribution is -1.97. The Morgan fingerprint density at radius 2 is 1.64 bits per heavy atom. The van der Waals surface area contributed by atoms with E-state index in [1.54, 1.807) is 19.5 Å². The van der Waals surface area contributed by atoms with Crippen molar-refractivity contribution in [2.45, 2.75) is 0 Å². The van der Waals surface area contributed by atoms with Crippen LogP contribution in [0, 0.1) is 0 Å². The summed E-state index contributed by atoms with van der Waals surface area (Å²) in [5.74, 6) is 1.06. The van der Waals surface area contributed by atoms with E-state index in [1.807, 2.05) is 48.5 Å². The van der Waals surface area contributed by atoms with Crippen LogP contribution in [0.1, 0.15) is 0 Å². The summed E-state index contributed by atoms with van der Waals surface area (Å²) in [6.07, 6.45) is 3.52. The predicted octanol–water partition coefficient (Wildman–Crippen LogP) is 2.14. The summed E-state index contributed by atoms with van der Waals surface area (Å²) in [5.41, 5.74) is 9.91. The third kappa shape index (κ3) is 5.35. The van der Waals surface area contributed by atoms with E-state index in [9.17, 15) is 0 Å². The zero-order chi connectivity index (χ0) is 18.2. The molecule has 7 nitrogen and oxygen atoms in total. The van der Waals surface area contributed by atoms with Gasteiger partial charge in [0.1, 0.15) is 5.82 Å². The third-order valence-electron chi connectivity index (χ3n) is 3.28. The number of nitrogens with zero attached hydrogens (tertiary/aromatic N) is 2. The number of hydrogen-bond acceptors (Lipinski definition) is 6. The fourth-order valence-corrected chi connectivity index (χ4v) is 2.16. The summed E-state index contributed by atoms with van der Waals surface area (Å²) in [6, 6.07) is 15.8. The standard InChI is InChI=1S/C17H15N3O.H3NO2S/c1-21-16-8-7-13(10-19-16)15-9-14(11-20-17(15)18)12-5-3-2-4-6-12;1-4(2)3/h2-11H,1H3,(H2,18,20);1H2,(H,2,3)/p-1. The molecule has 0 bridgehead atoms. The first kappa shape index (κ1) is 18.5. The topological polar surface area (TPSA) is 127 Å². The Hall–Kier alpha value is -2.81. The Morgan fingerprint density at radius 3 is 2.20 bits per heavy atom. The highest BCUT2D eigenvalue weighted by molar-refractivity contribution is 7.76. The molecule has 0 aliphatic heterocycles. The van der Waals surface area contributed by atoms with Crippen molar-refractivity contribution in [2.24, 2.45) is 5.14 Å². The van der Waals surface area contributed by atoms with Crippen molar-refractivity contribution in [1.29, 1.82) is 0 Å². The fourth-order valence-electron chi connectivity index (χ4n) is 2.16. The lowest BCUT2D eigenvalue weighted by molar-refractivity contribution is 0.398. The Kier molecular flexibility index (Phi) is 6.58. The minimum atomic E-state index is -2.36. The molecule has 1 atom stereocenters. The van der Waals surface area contributed by atoms with Crippen molar-refractivity contribution < 1.29 is 13.5 Å². The first-order chi connectivity index (χ1) is 12.0. The number of methoxy groups -OCH3 is 1. The smallest absolute Gasteiger partial charge is 0.212 e. The van der Waals surface area contributed by atoms with Crippen LogP contribution in [0.2, 0.25) is 0 Å². The molecule has 0 aliphatic rings. The maximum atomic E-state index is 8.78. The second-order valence-electron chi connectivity index (χ2n) is 4.87. The maximum absolute atomic E-state index is 8.78. The number of nitrogens with two attached hydrogens (primary N) is 2. The Morgan fingerprint density at radius 1 is 1.00 bits per heavy atom. The highest BCUT2D eigenvalue weighted by atomic mass is 32.2. The number of rotatable bonds is 3. The fraction of sp³-hybridized carbons (Fsp3) is 0.0588. The van der Waals surface area contributed by atoms with Crippen LogP contribution in [0.3, 0.4) is 0 Å². The zero-order valence-corrected chi connectivity index (χ0v) is 14.3. The number of pyridine rings is 2. The molecule has 3 aromatic rings. The first-order valence-electron chi connectivity index (χ1n) is 7.16. The quantitative estimate of drug-likeness (QED) is 0.691. The largest absolute Gasteiger partial charge is 0.760 e. The van der Waals surface area contributed by atoms with Gasteiger partial charge in [-0.25, -0.2) is 9.97 Å². The molecule has 0 saturated carbocycles. The van der Waals surface area contributed by atoms with Gasteiger partial charge in [0.25, 0.3) is 0 Å². The summed E-state index contributed by atoms with van der Waals surface area (Å²) in [4.78, 5) is 8.50. The second kappa shape index (κ2) is 8.88. The molecule has 0 spiro atoms. The van der Waals surface area contributed by atoms with Gasteiger partial charge in [-0.1, -0.05) is 30.3 Å². The molecular formula is C17H17N4O3S-. The van der Waals surface area contributed by atoms with Gasteiger partial charge in [0.05, 0.1) is 7.11 Å². The molecule has 0 amide bonds. The van der Waals surface area contributed by atoms with Gasteiger partial charge in [-0.3, -0.25) is 9.35 Å². The SMILES string of the molecule is COc1ccc(-c2cc(-c3ccccc3)cnc2N)cn1.NS(=O)[O-]. The lowest BCUT2D eigenvalue weighted by Gasteiger charge is -2.08. The highest BCUT2D eigenvalue weighted by Crippen LogP contribution is 2.29. The molecule has 130 valence electrons. The normalized spacial score (nSPS) is 11.2. The van der Waals surface area contributed by atoms with Crippen molar-refractivity contribution in [1.82, 2.24) is 9.97 Å². The van der Waals surface area contributed by atoms with Crippen molar-refractivity contribution in [3.05, 3.63) is 60.9 Å². The molecule has 4 N–H and O–H groups in total. The molecule has 2 aromatic heterocycles. The number of ether oxygens (including phenoxy) is 1. The van der Waals surface area contributed by atoms with Crippen LogP contribution in [0.4, 0.5) is 5.82 Å². The monoisotopic (exact) mass is 357 g/mol. The number of anilines is 1. The molecule has 0 fully saturated rings. The van der Waals surface area contributed by atoms with E-state index >= 15 is 0 Å². The molecule has 1 unspecified atom stereocenters. The van der Waals surface area contributed by atoms with Crippen LogP contribution in [-0.2, 0) is 11.3 Å². The number of benzene rings is 1. The molecule has 3 rings (SSSR count). The molecule has 1 aromatic carbocycles. The predicted molar refractivity (Wildman–Crippen MR) is 97.0 cm³/mol. The molecule has 0 aliphatic carbocycles. The minimum Gasteiger partial charge on any atom is -0.760 e. The Balaban J connectivity index is 0.000000511. The van der Waals surface area contributed by atoms with Crippen LogP contribution >= 0.6 is 0 Å². The average Bonchev–Trinajstić information content (AvgIpc) is 2.62. The van der Waals surface area contributed by atoms with Gasteiger partial charge >= 0.3 is 0 Å². The summed E-state index contributed by atoms with van der Waals surface area (Å²) < 4.78 is 22.6. The van der Waals surface area contributed by atoms with Gasteiger partial charge < -0.3 is 15.0 Å².